The average Bonchev–Trinajstić information content (AvgIpc) is 2.84. The Hall–Kier alpha value is -2.28. The number of nitrogens with zero attached hydrogens (tertiary/aromatic N) is 3. The van der Waals surface area contributed by atoms with Crippen LogP contribution in [0.4, 0.5) is 5.69 Å². The van der Waals surface area contributed by atoms with Crippen molar-refractivity contribution in [3.8, 4) is 11.4 Å². The molecule has 0 radical (unpaired) electrons. The van der Waals surface area contributed by atoms with E-state index in [0.29, 0.717) is 23.8 Å². The lowest BCUT2D eigenvalue weighted by molar-refractivity contribution is -0.384. The molecule has 20 heavy (non-hydrogen) atoms. The maximum absolute atomic E-state index is 10.6. The maximum atomic E-state index is 10.6. The van der Waals surface area contributed by atoms with Gasteiger partial charge in [-0.05, 0) is 32.9 Å². The van der Waals surface area contributed by atoms with Crippen LogP contribution in [0.3, 0.4) is 0 Å². The van der Waals surface area contributed by atoms with Crippen LogP contribution >= 0.6 is 0 Å². The van der Waals surface area contributed by atoms with Crippen molar-refractivity contribution >= 4 is 5.69 Å². The maximum Gasteiger partial charge on any atom is 0.269 e. The van der Waals surface area contributed by atoms with Crippen LogP contribution in [0.25, 0.3) is 11.4 Å². The minimum absolute atomic E-state index is 0.0341. The van der Waals surface area contributed by atoms with Gasteiger partial charge in [0, 0.05) is 23.2 Å². The van der Waals surface area contributed by atoms with E-state index in [1.807, 2.05) is 20.8 Å². The number of hydrogen-bond acceptors (Lipinski definition) is 6. The Labute approximate surface area is 116 Å². The molecule has 2 rings (SSSR count). The molecule has 7 heteroatoms. The molecule has 0 atom stereocenters. The van der Waals surface area contributed by atoms with E-state index >= 15 is 0 Å². The van der Waals surface area contributed by atoms with Crippen LogP contribution in [-0.2, 0) is 6.54 Å². The zero-order valence-electron chi connectivity index (χ0n) is 11.6. The van der Waals surface area contributed by atoms with Crippen LogP contribution < -0.4 is 5.32 Å². The van der Waals surface area contributed by atoms with Gasteiger partial charge < -0.3 is 9.84 Å². The minimum Gasteiger partial charge on any atom is -0.338 e. The Balaban J connectivity index is 2.10. The predicted octanol–water partition coefficient (Wildman–Crippen LogP) is 2.53. The highest BCUT2D eigenvalue weighted by Gasteiger charge is 2.14. The van der Waals surface area contributed by atoms with Gasteiger partial charge in [-0.25, -0.2) is 0 Å². The summed E-state index contributed by atoms with van der Waals surface area (Å²) in [4.78, 5) is 14.4. The van der Waals surface area contributed by atoms with Gasteiger partial charge >= 0.3 is 0 Å². The number of nitrogens with one attached hydrogen (secondary N) is 1. The number of non-ortho nitro benzene ring substituents is 1. The number of hydrogen-bond donors (Lipinski definition) is 1. The molecule has 0 aliphatic heterocycles. The molecule has 0 bridgehead atoms. The summed E-state index contributed by atoms with van der Waals surface area (Å²) >= 11 is 0. The molecule has 106 valence electrons. The fraction of sp³-hybridized carbons (Fsp3) is 0.385. The third kappa shape index (κ3) is 3.61. The molecule has 2 aromatic rings. The minimum atomic E-state index is -0.446. The van der Waals surface area contributed by atoms with Crippen LogP contribution in [-0.4, -0.2) is 20.6 Å². The van der Waals surface area contributed by atoms with Gasteiger partial charge in [0.25, 0.3) is 5.69 Å². The molecule has 1 aromatic heterocycles. The van der Waals surface area contributed by atoms with Crippen molar-refractivity contribution in [1.29, 1.82) is 0 Å². The van der Waals surface area contributed by atoms with Crippen molar-refractivity contribution in [3.63, 3.8) is 0 Å². The van der Waals surface area contributed by atoms with Crippen LogP contribution in [0.15, 0.2) is 28.8 Å². The molecule has 1 N–H and O–H groups in total. The summed E-state index contributed by atoms with van der Waals surface area (Å²) in [5.41, 5.74) is 0.676. The largest absolute Gasteiger partial charge is 0.338 e. The van der Waals surface area contributed by atoms with Gasteiger partial charge in [0.1, 0.15) is 0 Å². The summed E-state index contributed by atoms with van der Waals surface area (Å²) in [6.07, 6.45) is 0. The second-order valence-electron chi connectivity index (χ2n) is 5.42. The SMILES string of the molecule is CC(C)(C)NCc1nc(-c2ccc([N+](=O)[O-])cc2)no1. The first-order valence-corrected chi connectivity index (χ1v) is 6.17. The molecule has 7 nitrogen and oxygen atoms in total. The summed E-state index contributed by atoms with van der Waals surface area (Å²) in [5, 5.41) is 17.7. The Bertz CT molecular complexity index is 599. The first kappa shape index (κ1) is 14.1. The van der Waals surface area contributed by atoms with E-state index in [0.717, 1.165) is 0 Å². The van der Waals surface area contributed by atoms with Crippen molar-refractivity contribution in [1.82, 2.24) is 15.5 Å². The molecule has 0 fully saturated rings. The summed E-state index contributed by atoms with van der Waals surface area (Å²) in [6.45, 7) is 6.60. The summed E-state index contributed by atoms with van der Waals surface area (Å²) < 4.78 is 5.13. The van der Waals surface area contributed by atoms with Crippen LogP contribution in [0.5, 0.6) is 0 Å². The van der Waals surface area contributed by atoms with E-state index in [9.17, 15) is 10.1 Å². The average molecular weight is 276 g/mol. The van der Waals surface area contributed by atoms with Gasteiger partial charge in [0.2, 0.25) is 11.7 Å². The molecule has 0 aliphatic carbocycles. The van der Waals surface area contributed by atoms with Crippen LogP contribution in [0.1, 0.15) is 26.7 Å². The zero-order valence-corrected chi connectivity index (χ0v) is 11.6. The summed E-state index contributed by atoms with van der Waals surface area (Å²) in [5.74, 6) is 0.902. The molecule has 1 heterocycles. The van der Waals surface area contributed by atoms with Gasteiger partial charge in [0.15, 0.2) is 0 Å². The lowest BCUT2D eigenvalue weighted by Gasteiger charge is -2.18. The molecule has 0 amide bonds. The van der Waals surface area contributed by atoms with E-state index in [2.05, 4.69) is 15.5 Å². The highest BCUT2D eigenvalue weighted by atomic mass is 16.6. The molecule has 0 saturated heterocycles. The standard InChI is InChI=1S/C13H16N4O3/c1-13(2,3)14-8-11-15-12(16-20-11)9-4-6-10(7-5-9)17(18)19/h4-7,14H,8H2,1-3H3. The highest BCUT2D eigenvalue weighted by molar-refractivity contribution is 5.56. The number of nitro groups is 1. The highest BCUT2D eigenvalue weighted by Crippen LogP contribution is 2.19. The lowest BCUT2D eigenvalue weighted by atomic mass is 10.1. The second kappa shape index (κ2) is 5.38. The normalized spacial score (nSPS) is 11.6. The van der Waals surface area contributed by atoms with Crippen molar-refractivity contribution in [2.24, 2.45) is 0 Å². The first-order chi connectivity index (χ1) is 9.35. The molecule has 0 aliphatic rings. The number of rotatable bonds is 4. The van der Waals surface area contributed by atoms with Crippen molar-refractivity contribution in [3.05, 3.63) is 40.3 Å². The summed E-state index contributed by atoms with van der Waals surface area (Å²) in [6, 6.07) is 6.03. The quantitative estimate of drug-likeness (QED) is 0.681. The van der Waals surface area contributed by atoms with Gasteiger partial charge in [-0.3, -0.25) is 10.1 Å². The Morgan fingerprint density at radius 3 is 2.50 bits per heavy atom. The number of aromatic nitrogens is 2. The fourth-order valence-corrected chi connectivity index (χ4v) is 1.52. The lowest BCUT2D eigenvalue weighted by Crippen LogP contribution is -2.35. The second-order valence-corrected chi connectivity index (χ2v) is 5.42. The topological polar surface area (TPSA) is 94.1 Å². The van der Waals surface area contributed by atoms with Crippen LogP contribution in [0, 0.1) is 10.1 Å². The fourth-order valence-electron chi connectivity index (χ4n) is 1.52. The van der Waals surface area contributed by atoms with E-state index < -0.39 is 4.92 Å². The first-order valence-electron chi connectivity index (χ1n) is 6.17. The molecule has 1 aromatic carbocycles. The molecule has 0 spiro atoms. The number of nitro benzene ring substituents is 1. The van der Waals surface area contributed by atoms with Gasteiger partial charge in [-0.15, -0.1) is 0 Å². The van der Waals surface area contributed by atoms with E-state index in [-0.39, 0.29) is 11.2 Å². The molecular formula is C13H16N4O3. The van der Waals surface area contributed by atoms with Gasteiger partial charge in [0.05, 0.1) is 11.5 Å². The molecular weight excluding hydrogens is 260 g/mol. The van der Waals surface area contributed by atoms with E-state index in [1.54, 1.807) is 12.1 Å². The number of benzene rings is 1. The third-order valence-corrected chi connectivity index (χ3v) is 2.57. The summed E-state index contributed by atoms with van der Waals surface area (Å²) in [7, 11) is 0. The smallest absolute Gasteiger partial charge is 0.269 e. The van der Waals surface area contributed by atoms with Gasteiger partial charge in [-0.2, -0.15) is 4.98 Å². The van der Waals surface area contributed by atoms with E-state index in [1.165, 1.54) is 12.1 Å². The van der Waals surface area contributed by atoms with Crippen molar-refractivity contribution in [2.45, 2.75) is 32.9 Å². The van der Waals surface area contributed by atoms with Crippen molar-refractivity contribution in [2.75, 3.05) is 0 Å². The van der Waals surface area contributed by atoms with Gasteiger partial charge in [-0.1, -0.05) is 5.16 Å². The zero-order chi connectivity index (χ0) is 14.8. The Morgan fingerprint density at radius 2 is 1.95 bits per heavy atom. The predicted molar refractivity (Wildman–Crippen MR) is 73.0 cm³/mol. The third-order valence-electron chi connectivity index (χ3n) is 2.57. The monoisotopic (exact) mass is 276 g/mol. The molecule has 0 unspecified atom stereocenters. The van der Waals surface area contributed by atoms with E-state index in [4.69, 9.17) is 4.52 Å². The van der Waals surface area contributed by atoms with Crippen LogP contribution in [0.2, 0.25) is 0 Å². The molecule has 0 saturated carbocycles. The Morgan fingerprint density at radius 1 is 1.30 bits per heavy atom. The van der Waals surface area contributed by atoms with Crippen molar-refractivity contribution < 1.29 is 9.45 Å². The Kier molecular flexibility index (Phi) is 3.80.